The van der Waals surface area contributed by atoms with Gasteiger partial charge in [0.15, 0.2) is 0 Å². The third-order valence-corrected chi connectivity index (χ3v) is 3.86. The highest BCUT2D eigenvalue weighted by atomic mass is 16.5. The van der Waals surface area contributed by atoms with Crippen LogP contribution in [0.15, 0.2) is 48.5 Å². The molecule has 0 aliphatic rings. The minimum absolute atomic E-state index is 0.143. The van der Waals surface area contributed by atoms with E-state index in [9.17, 15) is 9.59 Å². The van der Waals surface area contributed by atoms with Crippen LogP contribution >= 0.6 is 0 Å². The summed E-state index contributed by atoms with van der Waals surface area (Å²) >= 11 is 0. The summed E-state index contributed by atoms with van der Waals surface area (Å²) in [5.74, 6) is -0.865. The number of urea groups is 1. The third kappa shape index (κ3) is 5.64. The second kappa shape index (κ2) is 9.23. The molecule has 0 saturated carbocycles. The van der Waals surface area contributed by atoms with Gasteiger partial charge >= 0.3 is 12.0 Å². The van der Waals surface area contributed by atoms with E-state index in [2.05, 4.69) is 10.6 Å². The number of methoxy groups -OCH3 is 1. The fourth-order valence-corrected chi connectivity index (χ4v) is 2.59. The topological polar surface area (TPSA) is 91.2 Å². The number of nitriles is 1. The second-order valence-corrected chi connectivity index (χ2v) is 5.94. The molecule has 0 fully saturated rings. The molecular formula is C20H21N3O3. The van der Waals surface area contributed by atoms with E-state index in [1.165, 1.54) is 7.11 Å². The van der Waals surface area contributed by atoms with Crippen molar-refractivity contribution in [3.8, 4) is 6.07 Å². The average molecular weight is 351 g/mol. The van der Waals surface area contributed by atoms with E-state index < -0.39 is 11.9 Å². The Balaban J connectivity index is 1.96. The quantitative estimate of drug-likeness (QED) is 0.783. The maximum absolute atomic E-state index is 12.1. The first-order valence-electron chi connectivity index (χ1n) is 8.20. The third-order valence-electron chi connectivity index (χ3n) is 3.86. The largest absolute Gasteiger partial charge is 0.469 e. The lowest BCUT2D eigenvalue weighted by molar-refractivity contribution is -0.145. The Bertz CT molecular complexity index is 827. The van der Waals surface area contributed by atoms with E-state index in [0.717, 1.165) is 11.1 Å². The molecule has 6 nitrogen and oxygen atoms in total. The van der Waals surface area contributed by atoms with Gasteiger partial charge in [-0.2, -0.15) is 5.26 Å². The van der Waals surface area contributed by atoms with Gasteiger partial charge in [0.25, 0.3) is 0 Å². The van der Waals surface area contributed by atoms with Crippen LogP contribution in [0, 0.1) is 24.2 Å². The molecule has 0 aromatic heterocycles. The number of ether oxygens (including phenoxy) is 1. The van der Waals surface area contributed by atoms with E-state index in [0.29, 0.717) is 17.7 Å². The SMILES string of the molecule is COC(=O)C(CNC(=O)Nc1cccc(C#N)c1)Cc1cccc(C)c1. The fraction of sp³-hybridized carbons (Fsp3) is 0.250. The predicted molar refractivity (Wildman–Crippen MR) is 98.6 cm³/mol. The standard InChI is InChI=1S/C20H21N3O3/c1-14-5-3-6-15(9-14)10-17(19(24)26-2)13-22-20(25)23-18-8-4-7-16(11-18)12-21/h3-9,11,17H,10,13H2,1-2H3,(H2,22,23,25). The van der Waals surface area contributed by atoms with Crippen molar-refractivity contribution in [3.63, 3.8) is 0 Å². The number of amides is 2. The number of anilines is 1. The minimum atomic E-state index is -0.488. The normalized spacial score (nSPS) is 11.1. The van der Waals surface area contributed by atoms with Crippen LogP contribution in [0.5, 0.6) is 0 Å². The number of aryl methyl sites for hydroxylation is 1. The Labute approximate surface area is 152 Å². The first-order chi connectivity index (χ1) is 12.5. The molecule has 134 valence electrons. The van der Waals surface area contributed by atoms with Gasteiger partial charge in [0.05, 0.1) is 24.7 Å². The molecule has 0 aliphatic heterocycles. The number of carbonyl (C=O) groups excluding carboxylic acids is 2. The van der Waals surface area contributed by atoms with Gasteiger partial charge in [0.1, 0.15) is 0 Å². The molecule has 2 aromatic carbocycles. The maximum atomic E-state index is 12.1. The van der Waals surface area contributed by atoms with Crippen LogP contribution in [0.2, 0.25) is 0 Å². The predicted octanol–water partition coefficient (Wildman–Crippen LogP) is 3.02. The van der Waals surface area contributed by atoms with Crippen molar-refractivity contribution in [2.45, 2.75) is 13.3 Å². The van der Waals surface area contributed by atoms with Crippen molar-refractivity contribution in [3.05, 3.63) is 65.2 Å². The van der Waals surface area contributed by atoms with E-state index in [1.54, 1.807) is 24.3 Å². The summed E-state index contributed by atoms with van der Waals surface area (Å²) in [6, 6.07) is 16.0. The van der Waals surface area contributed by atoms with Gasteiger partial charge < -0.3 is 15.4 Å². The number of nitrogens with one attached hydrogen (secondary N) is 2. The molecule has 0 heterocycles. The molecule has 0 spiro atoms. The number of carbonyl (C=O) groups is 2. The Morgan fingerprint density at radius 2 is 1.96 bits per heavy atom. The summed E-state index contributed by atoms with van der Waals surface area (Å²) < 4.78 is 4.85. The highest BCUT2D eigenvalue weighted by Crippen LogP contribution is 2.13. The first kappa shape index (κ1) is 19.0. The zero-order chi connectivity index (χ0) is 18.9. The summed E-state index contributed by atoms with van der Waals surface area (Å²) in [6.07, 6.45) is 0.471. The molecule has 2 rings (SSSR count). The van der Waals surface area contributed by atoms with Crippen molar-refractivity contribution in [2.24, 2.45) is 5.92 Å². The molecule has 26 heavy (non-hydrogen) atoms. The van der Waals surface area contributed by atoms with E-state index in [1.807, 2.05) is 37.3 Å². The molecule has 0 saturated heterocycles. The molecule has 2 aromatic rings. The zero-order valence-electron chi connectivity index (χ0n) is 14.8. The molecular weight excluding hydrogens is 330 g/mol. The van der Waals surface area contributed by atoms with Crippen LogP contribution in [0.4, 0.5) is 10.5 Å². The lowest BCUT2D eigenvalue weighted by Crippen LogP contribution is -2.37. The molecule has 0 aliphatic carbocycles. The Hall–Kier alpha value is -3.33. The van der Waals surface area contributed by atoms with Crippen LogP contribution in [0.3, 0.4) is 0 Å². The zero-order valence-corrected chi connectivity index (χ0v) is 14.8. The number of nitrogens with zero attached hydrogens (tertiary/aromatic N) is 1. The number of hydrogen-bond acceptors (Lipinski definition) is 4. The molecule has 0 bridgehead atoms. The summed E-state index contributed by atoms with van der Waals surface area (Å²) in [7, 11) is 1.33. The van der Waals surface area contributed by atoms with Crippen LogP contribution in [-0.4, -0.2) is 25.7 Å². The van der Waals surface area contributed by atoms with E-state index in [-0.39, 0.29) is 12.5 Å². The van der Waals surface area contributed by atoms with Crippen molar-refractivity contribution in [1.82, 2.24) is 5.32 Å². The Morgan fingerprint density at radius 3 is 2.65 bits per heavy atom. The molecule has 2 amide bonds. The van der Waals surface area contributed by atoms with Gasteiger partial charge in [-0.25, -0.2) is 4.79 Å². The smallest absolute Gasteiger partial charge is 0.319 e. The van der Waals surface area contributed by atoms with E-state index in [4.69, 9.17) is 10.00 Å². The second-order valence-electron chi connectivity index (χ2n) is 5.94. The minimum Gasteiger partial charge on any atom is -0.469 e. The van der Waals surface area contributed by atoms with Gasteiger partial charge in [0.2, 0.25) is 0 Å². The van der Waals surface area contributed by atoms with Gasteiger partial charge in [-0.3, -0.25) is 4.79 Å². The lowest BCUT2D eigenvalue weighted by atomic mass is 9.98. The highest BCUT2D eigenvalue weighted by molar-refractivity contribution is 5.89. The van der Waals surface area contributed by atoms with Crippen LogP contribution in [-0.2, 0) is 16.0 Å². The molecule has 0 radical (unpaired) electrons. The average Bonchev–Trinajstić information content (AvgIpc) is 2.64. The maximum Gasteiger partial charge on any atom is 0.319 e. The van der Waals surface area contributed by atoms with E-state index >= 15 is 0 Å². The number of rotatable bonds is 6. The highest BCUT2D eigenvalue weighted by Gasteiger charge is 2.20. The number of esters is 1. The molecule has 2 N–H and O–H groups in total. The Kier molecular flexibility index (Phi) is 6.75. The molecule has 1 unspecified atom stereocenters. The van der Waals surface area contributed by atoms with Crippen molar-refractivity contribution in [1.29, 1.82) is 5.26 Å². The summed E-state index contributed by atoms with van der Waals surface area (Å²) in [5, 5.41) is 14.2. The van der Waals surface area contributed by atoms with Gasteiger partial charge in [-0.15, -0.1) is 0 Å². The van der Waals surface area contributed by atoms with Crippen molar-refractivity contribution >= 4 is 17.7 Å². The van der Waals surface area contributed by atoms with Crippen molar-refractivity contribution < 1.29 is 14.3 Å². The van der Waals surface area contributed by atoms with Crippen molar-refractivity contribution in [2.75, 3.05) is 19.0 Å². The van der Waals surface area contributed by atoms with Gasteiger partial charge in [0, 0.05) is 12.2 Å². The fourth-order valence-electron chi connectivity index (χ4n) is 2.59. The van der Waals surface area contributed by atoms with Crippen LogP contribution < -0.4 is 10.6 Å². The van der Waals surface area contributed by atoms with Gasteiger partial charge in [-0.1, -0.05) is 35.9 Å². The lowest BCUT2D eigenvalue weighted by Gasteiger charge is -2.16. The summed E-state index contributed by atoms with van der Waals surface area (Å²) in [4.78, 5) is 24.1. The first-order valence-corrected chi connectivity index (χ1v) is 8.20. The molecule has 6 heteroatoms. The van der Waals surface area contributed by atoms with Gasteiger partial charge in [-0.05, 0) is 37.1 Å². The Morgan fingerprint density at radius 1 is 1.19 bits per heavy atom. The molecule has 1 atom stereocenters. The summed E-state index contributed by atoms with van der Waals surface area (Å²) in [6.45, 7) is 2.13. The number of hydrogen-bond donors (Lipinski definition) is 2. The monoisotopic (exact) mass is 351 g/mol. The van der Waals surface area contributed by atoms with Crippen LogP contribution in [0.25, 0.3) is 0 Å². The number of benzene rings is 2. The summed E-state index contributed by atoms with van der Waals surface area (Å²) in [5.41, 5.74) is 3.07. The van der Waals surface area contributed by atoms with Crippen LogP contribution in [0.1, 0.15) is 16.7 Å².